The topological polar surface area (TPSA) is 155 Å². The molecule has 0 bridgehead atoms. The molecule has 3 heterocycles. The zero-order chi connectivity index (χ0) is 40.8. The molecule has 7 rings (SSSR count). The smallest absolute Gasteiger partial charge is 0.497 e. The Kier molecular flexibility index (Phi) is 12.9. The Morgan fingerprint density at radius 3 is 2.30 bits per heavy atom. The summed E-state index contributed by atoms with van der Waals surface area (Å²) in [6.45, 7) is 9.22. The van der Waals surface area contributed by atoms with Gasteiger partial charge < -0.3 is 43.2 Å². The summed E-state index contributed by atoms with van der Waals surface area (Å²) in [7, 11) is 6.84. The highest BCUT2D eigenvalue weighted by molar-refractivity contribution is 5.92. The quantitative estimate of drug-likeness (QED) is 0.0902. The van der Waals surface area contributed by atoms with E-state index in [0.29, 0.717) is 12.8 Å². The second-order valence-corrected chi connectivity index (χ2v) is 14.2. The number of aromatic amines is 1. The molecule has 1 aromatic heterocycles. The van der Waals surface area contributed by atoms with Crippen LogP contribution in [0.1, 0.15) is 63.6 Å². The zero-order valence-electron chi connectivity index (χ0n) is 33.0. The number of carbonyl (C=O) groups is 3. The predicted octanol–water partition coefficient (Wildman–Crippen LogP) is 7.15. The number of hydrogen-bond donors (Lipinski definition) is 2. The van der Waals surface area contributed by atoms with E-state index in [1.165, 1.54) is 50.1 Å². The maximum atomic E-state index is 13.7. The van der Waals surface area contributed by atoms with Gasteiger partial charge >= 0.3 is 18.1 Å². The summed E-state index contributed by atoms with van der Waals surface area (Å²) >= 11 is 0. The largest absolute Gasteiger partial charge is 0.514 e. The number of carbonyl (C=O) groups excluding carboxylic acids is 3. The number of hydrogen-bond acceptors (Lipinski definition) is 12. The molecule has 2 aliphatic heterocycles. The van der Waals surface area contributed by atoms with Crippen molar-refractivity contribution in [3.05, 3.63) is 95.2 Å². The van der Waals surface area contributed by atoms with E-state index in [9.17, 15) is 14.4 Å². The SMILES string of the molecule is C=Cc1ccc(COC(=O)Oc2c(OC)cc(C(=O)OC3CC(C(=O)OC)[C@H]4CC5c6[nH]c7cc(OC)ccc7c6CCN5C[C@H]4C3)cc2OC)cc1C=C.CO. The highest BCUT2D eigenvalue weighted by Gasteiger charge is 2.49. The summed E-state index contributed by atoms with van der Waals surface area (Å²) in [5.41, 5.74) is 6.20. The molecule has 4 aromatic rings. The lowest BCUT2D eigenvalue weighted by Crippen LogP contribution is -2.52. The van der Waals surface area contributed by atoms with Crippen LogP contribution in [0.5, 0.6) is 23.0 Å². The number of nitrogens with zero attached hydrogens (tertiary/aromatic N) is 1. The number of fused-ring (bicyclic) bond motifs is 6. The Morgan fingerprint density at radius 1 is 0.895 bits per heavy atom. The minimum atomic E-state index is -0.991. The van der Waals surface area contributed by atoms with Crippen LogP contribution in [0.3, 0.4) is 0 Å². The van der Waals surface area contributed by atoms with E-state index in [2.05, 4.69) is 29.1 Å². The van der Waals surface area contributed by atoms with E-state index in [-0.39, 0.29) is 53.3 Å². The molecule has 13 nitrogen and oxygen atoms in total. The summed E-state index contributed by atoms with van der Waals surface area (Å²) in [5, 5.41) is 8.21. The Balaban J connectivity index is 0.00000270. The fraction of sp³-hybridized carbons (Fsp3) is 0.386. The van der Waals surface area contributed by atoms with Crippen LogP contribution in [0, 0.1) is 17.8 Å². The standard InChI is InChI=1S/C43H46N2O10.CH4O/c1-7-25-10-9-24(15-26(25)8-2)23-53-43(48)55-40-37(50-4)17-27(18-38(40)51-5)41(46)54-30-16-28-22-45-14-13-32-31-12-11-29(49-3)20-35(31)44-39(32)36(45)21-33(28)34(19-30)42(47)52-6;1-2/h7-12,15,17-18,20,28,30,33-34,36,44H,1-2,13-14,16,19,21-23H2,3-6H3;2H,1H3/t28-,30?,33+,34?,36?;/m1./s1. The van der Waals surface area contributed by atoms with Crippen LogP contribution in [-0.4, -0.2) is 87.8 Å². The average molecular weight is 783 g/mol. The van der Waals surface area contributed by atoms with Gasteiger partial charge in [-0.15, -0.1) is 0 Å². The molecule has 0 amide bonds. The zero-order valence-corrected chi connectivity index (χ0v) is 33.0. The van der Waals surface area contributed by atoms with Gasteiger partial charge in [-0.1, -0.05) is 37.4 Å². The van der Waals surface area contributed by atoms with Crippen molar-refractivity contribution in [2.75, 3.05) is 48.6 Å². The number of aliphatic hydroxyl groups excluding tert-OH is 1. The van der Waals surface area contributed by atoms with E-state index in [0.717, 1.165) is 61.0 Å². The van der Waals surface area contributed by atoms with Crippen LogP contribution >= 0.6 is 0 Å². The van der Waals surface area contributed by atoms with Gasteiger partial charge in [0, 0.05) is 42.9 Å². The minimum Gasteiger partial charge on any atom is -0.497 e. The first kappa shape index (κ1) is 40.9. The molecule has 13 heteroatoms. The van der Waals surface area contributed by atoms with Gasteiger partial charge in [-0.3, -0.25) is 9.69 Å². The van der Waals surface area contributed by atoms with Gasteiger partial charge in [0.2, 0.25) is 5.75 Å². The number of benzene rings is 3. The molecular formula is C44H50N2O11. The summed E-state index contributed by atoms with van der Waals surface area (Å²) in [5.74, 6) is -0.290. The fourth-order valence-corrected chi connectivity index (χ4v) is 8.70. The van der Waals surface area contributed by atoms with Gasteiger partial charge in [0.1, 0.15) is 18.5 Å². The molecule has 2 fully saturated rings. The lowest BCUT2D eigenvalue weighted by molar-refractivity contribution is -0.155. The van der Waals surface area contributed by atoms with Crippen molar-refractivity contribution in [3.63, 3.8) is 0 Å². The molecule has 5 atom stereocenters. The van der Waals surface area contributed by atoms with Crippen molar-refractivity contribution >= 4 is 41.1 Å². The first-order chi connectivity index (χ1) is 27.7. The monoisotopic (exact) mass is 782 g/mol. The van der Waals surface area contributed by atoms with Crippen LogP contribution in [0.15, 0.2) is 61.7 Å². The number of piperidine rings is 1. The second kappa shape index (κ2) is 18.0. The molecule has 1 aliphatic carbocycles. The third kappa shape index (κ3) is 8.35. The number of methoxy groups -OCH3 is 4. The first-order valence-corrected chi connectivity index (χ1v) is 18.8. The molecule has 2 N–H and O–H groups in total. The summed E-state index contributed by atoms with van der Waals surface area (Å²) in [6.07, 6.45) is 4.55. The molecule has 3 aromatic carbocycles. The van der Waals surface area contributed by atoms with Crippen molar-refractivity contribution in [2.45, 2.75) is 44.4 Å². The van der Waals surface area contributed by atoms with Gasteiger partial charge in [-0.2, -0.15) is 0 Å². The van der Waals surface area contributed by atoms with Gasteiger partial charge in [0.05, 0.1) is 46.0 Å². The molecule has 302 valence electrons. The van der Waals surface area contributed by atoms with Crippen molar-refractivity contribution in [1.82, 2.24) is 9.88 Å². The molecule has 1 saturated heterocycles. The number of nitrogens with one attached hydrogen (secondary N) is 1. The predicted molar refractivity (Wildman–Crippen MR) is 214 cm³/mol. The van der Waals surface area contributed by atoms with E-state index < -0.39 is 24.1 Å². The number of H-pyrrole nitrogens is 1. The van der Waals surface area contributed by atoms with Crippen LogP contribution < -0.4 is 18.9 Å². The Morgan fingerprint density at radius 2 is 1.63 bits per heavy atom. The molecule has 0 spiro atoms. The van der Waals surface area contributed by atoms with E-state index >= 15 is 0 Å². The third-order valence-corrected chi connectivity index (χ3v) is 11.3. The normalized spacial score (nSPS) is 20.9. The molecule has 1 saturated carbocycles. The van der Waals surface area contributed by atoms with Crippen LogP contribution in [0.25, 0.3) is 23.1 Å². The Bertz CT molecular complexity index is 2120. The van der Waals surface area contributed by atoms with Gasteiger partial charge in [-0.05, 0) is 90.1 Å². The number of aromatic nitrogens is 1. The van der Waals surface area contributed by atoms with Gasteiger partial charge in [0.25, 0.3) is 0 Å². The first-order valence-electron chi connectivity index (χ1n) is 18.8. The fourth-order valence-electron chi connectivity index (χ4n) is 8.70. The molecule has 57 heavy (non-hydrogen) atoms. The molecule has 3 unspecified atom stereocenters. The number of rotatable bonds is 11. The number of ether oxygens (including phenoxy) is 7. The summed E-state index contributed by atoms with van der Waals surface area (Å²) in [6, 6.07) is 14.6. The van der Waals surface area contributed by atoms with Crippen LogP contribution in [0.2, 0.25) is 0 Å². The maximum Gasteiger partial charge on any atom is 0.514 e. The number of esters is 2. The molecular weight excluding hydrogens is 732 g/mol. The molecule has 0 radical (unpaired) electrons. The lowest BCUT2D eigenvalue weighted by atomic mass is 9.65. The van der Waals surface area contributed by atoms with Crippen LogP contribution in [-0.2, 0) is 32.0 Å². The highest BCUT2D eigenvalue weighted by atomic mass is 16.7. The van der Waals surface area contributed by atoms with E-state index in [1.54, 1.807) is 19.3 Å². The molecule has 3 aliphatic rings. The lowest BCUT2D eigenvalue weighted by Gasteiger charge is -2.51. The summed E-state index contributed by atoms with van der Waals surface area (Å²) in [4.78, 5) is 46.0. The Labute approximate surface area is 332 Å². The van der Waals surface area contributed by atoms with Gasteiger partial charge in [-0.25, -0.2) is 9.59 Å². The third-order valence-electron chi connectivity index (χ3n) is 11.3. The van der Waals surface area contributed by atoms with Crippen molar-refractivity contribution in [3.8, 4) is 23.0 Å². The van der Waals surface area contributed by atoms with E-state index in [4.69, 9.17) is 38.3 Å². The minimum absolute atomic E-state index is 0.0536. The van der Waals surface area contributed by atoms with E-state index in [1.807, 2.05) is 30.3 Å². The number of aliphatic hydroxyl groups is 1. The van der Waals surface area contributed by atoms with Crippen molar-refractivity contribution in [2.24, 2.45) is 17.8 Å². The average Bonchev–Trinajstić information content (AvgIpc) is 3.63. The highest BCUT2D eigenvalue weighted by Crippen LogP contribution is 2.50. The summed E-state index contributed by atoms with van der Waals surface area (Å²) < 4.78 is 38.8. The van der Waals surface area contributed by atoms with Crippen molar-refractivity contribution in [1.29, 1.82) is 0 Å². The Hall–Kier alpha value is -5.79. The maximum absolute atomic E-state index is 13.7. The van der Waals surface area contributed by atoms with Gasteiger partial charge in [0.15, 0.2) is 11.5 Å². The van der Waals surface area contributed by atoms with Crippen LogP contribution in [0.4, 0.5) is 4.79 Å². The van der Waals surface area contributed by atoms with Crippen molar-refractivity contribution < 1.29 is 52.6 Å². The second-order valence-electron chi connectivity index (χ2n) is 14.2.